The standard InChI is InChI=1S/C24H29N5O2S2/c1-3-26-23(30)21(17-9-11-25-12-10-17)33-19-13-20(31-18-7-5-4-6-8-18)22(27-14-19)29-24-28-16(2)15-32-24/h4-8,13-15,17,21,25H,3,9-12H2,1-2H3,(H,26,30)(H,27,28,29). The number of amides is 1. The number of hydrogen-bond acceptors (Lipinski definition) is 8. The van der Waals surface area contributed by atoms with Gasteiger partial charge in [0.15, 0.2) is 16.7 Å². The van der Waals surface area contributed by atoms with Gasteiger partial charge < -0.3 is 20.7 Å². The predicted octanol–water partition coefficient (Wildman–Crippen LogP) is 4.98. The number of aryl methyl sites for hydroxylation is 1. The van der Waals surface area contributed by atoms with Crippen LogP contribution in [0.2, 0.25) is 0 Å². The summed E-state index contributed by atoms with van der Waals surface area (Å²) in [6, 6.07) is 11.6. The quantitative estimate of drug-likeness (QED) is 0.370. The van der Waals surface area contributed by atoms with Gasteiger partial charge in [-0.3, -0.25) is 4.79 Å². The van der Waals surface area contributed by atoms with E-state index in [9.17, 15) is 4.79 Å². The molecule has 1 fully saturated rings. The van der Waals surface area contributed by atoms with Crippen molar-refractivity contribution in [3.05, 3.63) is 53.7 Å². The molecule has 33 heavy (non-hydrogen) atoms. The minimum Gasteiger partial charge on any atom is -0.453 e. The Bertz CT molecular complexity index is 1050. The molecule has 0 bridgehead atoms. The number of pyridine rings is 1. The average molecular weight is 484 g/mol. The van der Waals surface area contributed by atoms with E-state index in [2.05, 4.69) is 25.9 Å². The Balaban J connectivity index is 1.61. The van der Waals surface area contributed by atoms with Crippen molar-refractivity contribution in [3.8, 4) is 11.5 Å². The van der Waals surface area contributed by atoms with Crippen molar-refractivity contribution in [1.82, 2.24) is 20.6 Å². The highest BCUT2D eigenvalue weighted by molar-refractivity contribution is 8.00. The van der Waals surface area contributed by atoms with E-state index in [1.165, 1.54) is 11.3 Å². The lowest BCUT2D eigenvalue weighted by molar-refractivity contribution is -0.121. The molecular weight excluding hydrogens is 454 g/mol. The first-order chi connectivity index (χ1) is 16.1. The molecule has 2 aromatic heterocycles. The lowest BCUT2D eigenvalue weighted by Crippen LogP contribution is -2.41. The van der Waals surface area contributed by atoms with Gasteiger partial charge in [0, 0.05) is 23.0 Å². The Labute approximate surface area is 202 Å². The van der Waals surface area contributed by atoms with Crippen molar-refractivity contribution in [3.63, 3.8) is 0 Å². The summed E-state index contributed by atoms with van der Waals surface area (Å²) in [5, 5.41) is 12.3. The van der Waals surface area contributed by atoms with Crippen LogP contribution in [0.3, 0.4) is 0 Å². The van der Waals surface area contributed by atoms with Gasteiger partial charge in [-0.15, -0.1) is 23.1 Å². The number of anilines is 2. The summed E-state index contributed by atoms with van der Waals surface area (Å²) in [4.78, 5) is 22.9. The SMILES string of the molecule is CCNC(=O)C(Sc1cnc(Nc2nc(C)cs2)c(Oc2ccccc2)c1)C1CCNCC1. The molecule has 7 nitrogen and oxygen atoms in total. The number of carbonyl (C=O) groups excluding carboxylic acids is 1. The molecule has 1 saturated heterocycles. The normalized spacial score (nSPS) is 15.1. The van der Waals surface area contributed by atoms with E-state index in [-0.39, 0.29) is 11.2 Å². The minimum absolute atomic E-state index is 0.0837. The second kappa shape index (κ2) is 11.5. The molecule has 3 aromatic rings. The van der Waals surface area contributed by atoms with Crippen molar-refractivity contribution in [2.45, 2.75) is 36.8 Å². The third-order valence-electron chi connectivity index (χ3n) is 5.33. The first-order valence-corrected chi connectivity index (χ1v) is 13.0. The Hall–Kier alpha value is -2.62. The van der Waals surface area contributed by atoms with Crippen LogP contribution < -0.4 is 20.7 Å². The number of para-hydroxylation sites is 1. The zero-order chi connectivity index (χ0) is 23.0. The lowest BCUT2D eigenvalue weighted by Gasteiger charge is -2.29. The molecule has 3 N–H and O–H groups in total. The van der Waals surface area contributed by atoms with Crippen LogP contribution >= 0.6 is 23.1 Å². The van der Waals surface area contributed by atoms with Crippen LogP contribution in [-0.4, -0.2) is 40.8 Å². The molecule has 9 heteroatoms. The second-order valence-corrected chi connectivity index (χ2v) is 9.95. The number of thiazole rings is 1. The highest BCUT2D eigenvalue weighted by Gasteiger charge is 2.30. The van der Waals surface area contributed by atoms with Gasteiger partial charge in [-0.1, -0.05) is 18.2 Å². The van der Waals surface area contributed by atoms with Crippen LogP contribution in [0.25, 0.3) is 0 Å². The molecule has 1 amide bonds. The zero-order valence-electron chi connectivity index (χ0n) is 18.8. The number of piperidine rings is 1. The Morgan fingerprint density at radius 2 is 2.09 bits per heavy atom. The van der Waals surface area contributed by atoms with Gasteiger partial charge in [0.05, 0.1) is 10.9 Å². The maximum Gasteiger partial charge on any atom is 0.233 e. The first kappa shape index (κ1) is 23.5. The number of benzene rings is 1. The van der Waals surface area contributed by atoms with Gasteiger partial charge in [-0.05, 0) is 63.9 Å². The van der Waals surface area contributed by atoms with Crippen molar-refractivity contribution in [1.29, 1.82) is 0 Å². The fraction of sp³-hybridized carbons (Fsp3) is 0.375. The topological polar surface area (TPSA) is 88.2 Å². The highest BCUT2D eigenvalue weighted by Crippen LogP contribution is 2.38. The Morgan fingerprint density at radius 3 is 2.79 bits per heavy atom. The fourth-order valence-corrected chi connectivity index (χ4v) is 5.65. The summed E-state index contributed by atoms with van der Waals surface area (Å²) >= 11 is 3.08. The van der Waals surface area contributed by atoms with Crippen molar-refractivity contribution in [2.75, 3.05) is 25.0 Å². The Kier molecular flexibility index (Phi) is 8.20. The molecule has 1 aliphatic rings. The molecule has 0 radical (unpaired) electrons. The van der Waals surface area contributed by atoms with Crippen LogP contribution in [-0.2, 0) is 4.79 Å². The summed E-state index contributed by atoms with van der Waals surface area (Å²) in [6.07, 6.45) is 3.77. The molecule has 1 aliphatic heterocycles. The van der Waals surface area contributed by atoms with Gasteiger partial charge in [0.2, 0.25) is 5.91 Å². The van der Waals surface area contributed by atoms with Gasteiger partial charge >= 0.3 is 0 Å². The van der Waals surface area contributed by atoms with E-state index in [0.717, 1.165) is 47.4 Å². The number of nitrogens with one attached hydrogen (secondary N) is 3. The van der Waals surface area contributed by atoms with Gasteiger partial charge in [-0.2, -0.15) is 0 Å². The van der Waals surface area contributed by atoms with Crippen molar-refractivity contribution in [2.24, 2.45) is 5.92 Å². The molecular formula is C24H29N5O2S2. The molecule has 3 heterocycles. The van der Waals surface area contributed by atoms with E-state index in [1.54, 1.807) is 18.0 Å². The third-order valence-corrected chi connectivity index (χ3v) is 7.55. The molecule has 4 rings (SSSR count). The molecule has 1 aromatic carbocycles. The van der Waals surface area contributed by atoms with E-state index in [1.807, 2.05) is 55.6 Å². The largest absolute Gasteiger partial charge is 0.453 e. The molecule has 0 aliphatic carbocycles. The monoisotopic (exact) mass is 483 g/mol. The van der Waals surface area contributed by atoms with Crippen LogP contribution in [0.4, 0.5) is 10.9 Å². The maximum absolute atomic E-state index is 12.9. The van der Waals surface area contributed by atoms with Crippen LogP contribution in [0.15, 0.2) is 52.9 Å². The molecule has 0 spiro atoms. The van der Waals surface area contributed by atoms with Crippen molar-refractivity contribution >= 4 is 40.0 Å². The predicted molar refractivity (Wildman–Crippen MR) is 135 cm³/mol. The smallest absolute Gasteiger partial charge is 0.233 e. The van der Waals surface area contributed by atoms with Gasteiger partial charge in [0.1, 0.15) is 5.75 Å². The summed E-state index contributed by atoms with van der Waals surface area (Å²) in [7, 11) is 0. The zero-order valence-corrected chi connectivity index (χ0v) is 20.5. The molecule has 1 atom stereocenters. The second-order valence-electron chi connectivity index (χ2n) is 7.87. The third kappa shape index (κ3) is 6.46. The van der Waals surface area contributed by atoms with Gasteiger partial charge in [0.25, 0.3) is 0 Å². The number of thioether (sulfide) groups is 1. The minimum atomic E-state index is -0.168. The number of carbonyl (C=O) groups is 1. The van der Waals surface area contributed by atoms with E-state index in [0.29, 0.717) is 24.0 Å². The van der Waals surface area contributed by atoms with E-state index >= 15 is 0 Å². The fourth-order valence-electron chi connectivity index (χ4n) is 3.72. The van der Waals surface area contributed by atoms with E-state index < -0.39 is 0 Å². The van der Waals surface area contributed by atoms with Crippen LogP contribution in [0, 0.1) is 12.8 Å². The van der Waals surface area contributed by atoms with Crippen LogP contribution in [0.1, 0.15) is 25.5 Å². The molecule has 174 valence electrons. The molecule has 0 saturated carbocycles. The molecule has 1 unspecified atom stereocenters. The number of hydrogen-bond donors (Lipinski definition) is 3. The van der Waals surface area contributed by atoms with Gasteiger partial charge in [-0.25, -0.2) is 9.97 Å². The Morgan fingerprint density at radius 1 is 1.30 bits per heavy atom. The van der Waals surface area contributed by atoms with Crippen LogP contribution in [0.5, 0.6) is 11.5 Å². The summed E-state index contributed by atoms with van der Waals surface area (Å²) < 4.78 is 6.19. The number of rotatable bonds is 9. The average Bonchev–Trinajstić information content (AvgIpc) is 3.25. The van der Waals surface area contributed by atoms with Crippen molar-refractivity contribution < 1.29 is 9.53 Å². The van der Waals surface area contributed by atoms with E-state index in [4.69, 9.17) is 4.74 Å². The summed E-state index contributed by atoms with van der Waals surface area (Å²) in [6.45, 7) is 6.42. The summed E-state index contributed by atoms with van der Waals surface area (Å²) in [5.74, 6) is 2.31. The first-order valence-electron chi connectivity index (χ1n) is 11.2. The maximum atomic E-state index is 12.9. The number of aromatic nitrogens is 2. The number of nitrogens with zero attached hydrogens (tertiary/aromatic N) is 2. The lowest BCUT2D eigenvalue weighted by atomic mass is 9.94. The highest BCUT2D eigenvalue weighted by atomic mass is 32.2. The number of ether oxygens (including phenoxy) is 1. The summed E-state index contributed by atoms with van der Waals surface area (Å²) in [5.41, 5.74) is 0.951.